The first-order valence-electron chi connectivity index (χ1n) is 3.81. The second kappa shape index (κ2) is 3.04. The van der Waals surface area contributed by atoms with Crippen molar-refractivity contribution in [2.75, 3.05) is 13.1 Å². The Kier molecular flexibility index (Phi) is 2.30. The van der Waals surface area contributed by atoms with Crippen LogP contribution in [0.25, 0.3) is 0 Å². The molecule has 0 saturated carbocycles. The van der Waals surface area contributed by atoms with Gasteiger partial charge in [0.05, 0.1) is 5.92 Å². The predicted molar refractivity (Wildman–Crippen MR) is 40.4 cm³/mol. The Hall–Kier alpha value is -0.530. The molecule has 0 aliphatic carbocycles. The predicted octanol–water partition coefficient (Wildman–Crippen LogP) is 1.22. The minimum atomic E-state index is 0.234. The summed E-state index contributed by atoms with van der Waals surface area (Å²) in [7, 11) is 0. The van der Waals surface area contributed by atoms with Crippen LogP contribution in [0, 0.1) is 5.92 Å². The van der Waals surface area contributed by atoms with Gasteiger partial charge in [0.2, 0.25) is 5.91 Å². The summed E-state index contributed by atoms with van der Waals surface area (Å²) >= 11 is 0. The Morgan fingerprint density at radius 1 is 1.20 bits per heavy atom. The third-order valence-corrected chi connectivity index (χ3v) is 1.82. The van der Waals surface area contributed by atoms with E-state index in [1.807, 2.05) is 18.7 Å². The summed E-state index contributed by atoms with van der Waals surface area (Å²) in [5.74, 6) is 1.14. The second-order valence-electron chi connectivity index (χ2n) is 3.00. The first-order valence-corrected chi connectivity index (χ1v) is 3.81. The van der Waals surface area contributed by atoms with Crippen LogP contribution in [0.3, 0.4) is 0 Å². The van der Waals surface area contributed by atoms with Gasteiger partial charge in [-0.2, -0.15) is 0 Å². The van der Waals surface area contributed by atoms with Gasteiger partial charge in [-0.15, -0.1) is 0 Å². The molecule has 0 aromatic carbocycles. The first kappa shape index (κ1) is 7.58. The van der Waals surface area contributed by atoms with E-state index in [0.29, 0.717) is 0 Å². The molecule has 57 valence electrons. The molecule has 1 amide bonds. The molecule has 1 saturated heterocycles. The van der Waals surface area contributed by atoms with Crippen LogP contribution < -0.4 is 0 Å². The zero-order chi connectivity index (χ0) is 7.56. The van der Waals surface area contributed by atoms with E-state index >= 15 is 0 Å². The summed E-state index contributed by atoms with van der Waals surface area (Å²) in [5, 5.41) is 0. The van der Waals surface area contributed by atoms with Crippen LogP contribution in [0.1, 0.15) is 26.7 Å². The molecule has 1 fully saturated rings. The van der Waals surface area contributed by atoms with Crippen molar-refractivity contribution in [2.45, 2.75) is 26.7 Å². The topological polar surface area (TPSA) is 20.3 Å². The monoisotopic (exact) mass is 140 g/mol. The second-order valence-corrected chi connectivity index (χ2v) is 3.00. The molecule has 0 unspecified atom stereocenters. The summed E-state index contributed by atoms with van der Waals surface area (Å²) in [6, 6.07) is 0. The van der Waals surface area contributed by atoms with E-state index in [4.69, 9.17) is 0 Å². The van der Waals surface area contributed by atoms with E-state index in [1.165, 1.54) is 12.8 Å². The van der Waals surface area contributed by atoms with E-state index < -0.39 is 0 Å². The largest absolute Gasteiger partial charge is 0.342 e. The minimum absolute atomic E-state index is 0.234. The van der Waals surface area contributed by atoms with Gasteiger partial charge in [-0.25, -0.2) is 0 Å². The number of nitrogens with zero attached hydrogens (tertiary/aromatic N) is 1. The number of hydrogen-bond acceptors (Lipinski definition) is 1. The summed E-state index contributed by atoms with van der Waals surface area (Å²) in [6.45, 7) is 5.68. The number of carbonyl (C=O) groups excluding carboxylic acids is 1. The lowest BCUT2D eigenvalue weighted by atomic mass is 10.2. The molecule has 2 heteroatoms. The molecule has 0 atom stereocenters. The zero-order valence-corrected chi connectivity index (χ0v) is 6.68. The molecule has 0 bridgehead atoms. The average Bonchev–Trinajstić information content (AvgIpc) is 2.36. The van der Waals surface area contributed by atoms with E-state index in [1.54, 1.807) is 0 Å². The van der Waals surface area contributed by atoms with Crippen molar-refractivity contribution < 1.29 is 4.79 Å². The molecule has 0 aromatic heterocycles. The van der Waals surface area contributed by atoms with Crippen LogP contribution in [0.4, 0.5) is 0 Å². The summed E-state index contributed by atoms with van der Waals surface area (Å²) in [5.41, 5.74) is 0. The van der Waals surface area contributed by atoms with Gasteiger partial charge in [0, 0.05) is 13.1 Å². The third-order valence-electron chi connectivity index (χ3n) is 1.82. The van der Waals surface area contributed by atoms with E-state index in [-0.39, 0.29) is 5.91 Å². The Labute approximate surface area is 62.2 Å². The standard InChI is InChI=1S/C8H14NO/c1-7(2)8(10)9-5-3-4-6-9/h3-6H2,1-2H3. The number of amides is 1. The smallest absolute Gasteiger partial charge is 0.229 e. The highest BCUT2D eigenvalue weighted by molar-refractivity contribution is 5.88. The van der Waals surface area contributed by atoms with Crippen LogP contribution in [-0.4, -0.2) is 23.9 Å². The lowest BCUT2D eigenvalue weighted by molar-refractivity contribution is -0.127. The third kappa shape index (κ3) is 1.49. The summed E-state index contributed by atoms with van der Waals surface area (Å²) < 4.78 is 0. The lowest BCUT2D eigenvalue weighted by Gasteiger charge is -2.16. The van der Waals surface area contributed by atoms with Gasteiger partial charge in [-0.3, -0.25) is 4.79 Å². The fourth-order valence-corrected chi connectivity index (χ4v) is 1.24. The fourth-order valence-electron chi connectivity index (χ4n) is 1.24. The number of rotatable bonds is 1. The number of hydrogen-bond donors (Lipinski definition) is 0. The van der Waals surface area contributed by atoms with E-state index in [9.17, 15) is 4.79 Å². The van der Waals surface area contributed by atoms with Gasteiger partial charge >= 0.3 is 0 Å². The maximum Gasteiger partial charge on any atom is 0.229 e. The molecule has 2 nitrogen and oxygen atoms in total. The molecule has 1 heterocycles. The zero-order valence-electron chi connectivity index (χ0n) is 6.68. The van der Waals surface area contributed by atoms with Crippen molar-refractivity contribution in [1.82, 2.24) is 4.90 Å². The molecule has 1 aliphatic rings. The highest BCUT2D eigenvalue weighted by Crippen LogP contribution is 2.11. The Morgan fingerprint density at radius 2 is 1.70 bits per heavy atom. The Bertz CT molecular complexity index is 125. The van der Waals surface area contributed by atoms with Crippen molar-refractivity contribution in [3.05, 3.63) is 5.92 Å². The molecule has 0 aromatic rings. The molecule has 1 radical (unpaired) electrons. The van der Waals surface area contributed by atoms with E-state index in [0.717, 1.165) is 19.0 Å². The van der Waals surface area contributed by atoms with Crippen LogP contribution in [-0.2, 0) is 4.79 Å². The van der Waals surface area contributed by atoms with Gasteiger partial charge < -0.3 is 4.90 Å². The highest BCUT2D eigenvalue weighted by Gasteiger charge is 2.20. The molecule has 0 N–H and O–H groups in total. The van der Waals surface area contributed by atoms with E-state index in [2.05, 4.69) is 0 Å². The highest BCUT2D eigenvalue weighted by atomic mass is 16.2. The van der Waals surface area contributed by atoms with Crippen LogP contribution in [0.2, 0.25) is 0 Å². The average molecular weight is 140 g/mol. The molecular weight excluding hydrogens is 126 g/mol. The maximum atomic E-state index is 11.2. The molecule has 1 rings (SSSR count). The van der Waals surface area contributed by atoms with Crippen molar-refractivity contribution >= 4 is 5.91 Å². The minimum Gasteiger partial charge on any atom is -0.342 e. The molecule has 1 aliphatic heterocycles. The lowest BCUT2D eigenvalue weighted by Crippen LogP contribution is -2.30. The van der Waals surface area contributed by atoms with Gasteiger partial charge in [-0.05, 0) is 26.7 Å². The van der Waals surface area contributed by atoms with Crippen molar-refractivity contribution in [1.29, 1.82) is 0 Å². The summed E-state index contributed by atoms with van der Waals surface area (Å²) in [4.78, 5) is 13.2. The van der Waals surface area contributed by atoms with Crippen molar-refractivity contribution in [3.8, 4) is 0 Å². The van der Waals surface area contributed by atoms with Gasteiger partial charge in [-0.1, -0.05) is 0 Å². The van der Waals surface area contributed by atoms with Crippen molar-refractivity contribution in [2.24, 2.45) is 0 Å². The maximum absolute atomic E-state index is 11.2. The normalized spacial score (nSPS) is 18.5. The van der Waals surface area contributed by atoms with Gasteiger partial charge in [0.15, 0.2) is 0 Å². The first-order chi connectivity index (χ1) is 4.72. The van der Waals surface area contributed by atoms with Crippen LogP contribution >= 0.6 is 0 Å². The van der Waals surface area contributed by atoms with Crippen LogP contribution in [0.15, 0.2) is 0 Å². The Morgan fingerprint density at radius 3 is 2.10 bits per heavy atom. The molecule has 0 spiro atoms. The Balaban J connectivity index is 2.40. The number of carbonyl (C=O) groups is 1. The van der Waals surface area contributed by atoms with Crippen molar-refractivity contribution in [3.63, 3.8) is 0 Å². The summed E-state index contributed by atoms with van der Waals surface area (Å²) in [6.07, 6.45) is 2.36. The molecule has 10 heavy (non-hydrogen) atoms. The fraction of sp³-hybridized carbons (Fsp3) is 0.750. The van der Waals surface area contributed by atoms with Gasteiger partial charge in [0.25, 0.3) is 0 Å². The SMILES string of the molecule is C[C](C)C(=O)N1CCCC1. The quantitative estimate of drug-likeness (QED) is 0.536. The number of likely N-dealkylation sites (tertiary alicyclic amines) is 1. The van der Waals surface area contributed by atoms with Gasteiger partial charge in [0.1, 0.15) is 0 Å². The molecular formula is C8H14NO. The van der Waals surface area contributed by atoms with Crippen LogP contribution in [0.5, 0.6) is 0 Å².